The third-order valence-electron chi connectivity index (χ3n) is 3.42. The van der Waals surface area contributed by atoms with E-state index in [1.807, 2.05) is 36.4 Å². The molecule has 3 rings (SSSR count). The summed E-state index contributed by atoms with van der Waals surface area (Å²) in [6.45, 7) is 2.99. The minimum absolute atomic E-state index is 0.310. The van der Waals surface area contributed by atoms with E-state index in [9.17, 15) is 4.79 Å². The lowest BCUT2D eigenvalue weighted by Crippen LogP contribution is -2.36. The first-order valence-electron chi connectivity index (χ1n) is 7.66. The maximum absolute atomic E-state index is 12.0. The van der Waals surface area contributed by atoms with Gasteiger partial charge in [-0.1, -0.05) is 36.4 Å². The molecule has 0 unspecified atom stereocenters. The maximum atomic E-state index is 12.0. The molecule has 1 aromatic heterocycles. The Hall–Kier alpha value is -2.51. The lowest BCUT2D eigenvalue weighted by molar-refractivity contribution is 0.0951. The van der Waals surface area contributed by atoms with Gasteiger partial charge >= 0.3 is 0 Å². The number of allylic oxidation sites excluding steroid dienone is 1. The highest BCUT2D eigenvalue weighted by molar-refractivity contribution is 7.13. The molecule has 0 saturated carbocycles. The standard InChI is InChI=1S/C17H18N4O2S/c22-16(20-18-8-4-7-14-5-2-1-3-6-14)15-13-24-17(19-15)21-9-11-23-12-10-21/h1-8,13H,9-12H2,(H,20,22). The van der Waals surface area contributed by atoms with Gasteiger partial charge in [-0.25, -0.2) is 10.4 Å². The minimum atomic E-state index is -0.310. The van der Waals surface area contributed by atoms with Crippen LogP contribution in [0.5, 0.6) is 0 Å². The highest BCUT2D eigenvalue weighted by Gasteiger charge is 2.17. The van der Waals surface area contributed by atoms with Gasteiger partial charge in [0.2, 0.25) is 0 Å². The molecule has 1 amide bonds. The molecule has 1 aliphatic rings. The van der Waals surface area contributed by atoms with E-state index in [0.717, 1.165) is 23.8 Å². The van der Waals surface area contributed by atoms with Crippen molar-refractivity contribution in [2.45, 2.75) is 0 Å². The molecule has 6 nitrogen and oxygen atoms in total. The number of amides is 1. The van der Waals surface area contributed by atoms with Gasteiger partial charge in [0.05, 0.1) is 13.2 Å². The molecule has 24 heavy (non-hydrogen) atoms. The minimum Gasteiger partial charge on any atom is -0.378 e. The zero-order chi connectivity index (χ0) is 16.6. The summed E-state index contributed by atoms with van der Waals surface area (Å²) in [6.07, 6.45) is 5.23. The monoisotopic (exact) mass is 342 g/mol. The number of ether oxygens (including phenoxy) is 1. The van der Waals surface area contributed by atoms with E-state index in [0.29, 0.717) is 18.9 Å². The molecule has 1 fully saturated rings. The summed E-state index contributed by atoms with van der Waals surface area (Å²) in [5.74, 6) is -0.310. The van der Waals surface area contributed by atoms with Gasteiger partial charge in [-0.05, 0) is 11.6 Å². The van der Waals surface area contributed by atoms with Crippen molar-refractivity contribution in [3.05, 3.63) is 53.0 Å². The van der Waals surface area contributed by atoms with Crippen LogP contribution in [0.3, 0.4) is 0 Å². The van der Waals surface area contributed by atoms with Crippen molar-refractivity contribution in [3.63, 3.8) is 0 Å². The van der Waals surface area contributed by atoms with Crippen molar-refractivity contribution in [2.75, 3.05) is 31.2 Å². The van der Waals surface area contributed by atoms with Crippen molar-refractivity contribution >= 4 is 34.7 Å². The van der Waals surface area contributed by atoms with Gasteiger partial charge in [0, 0.05) is 24.7 Å². The molecule has 1 aliphatic heterocycles. The molecule has 0 bridgehead atoms. The second kappa shape index (κ2) is 8.37. The number of hydrogen-bond acceptors (Lipinski definition) is 6. The summed E-state index contributed by atoms with van der Waals surface area (Å²) in [5.41, 5.74) is 3.94. The number of nitrogens with one attached hydrogen (secondary N) is 1. The molecule has 0 atom stereocenters. The van der Waals surface area contributed by atoms with Crippen molar-refractivity contribution in [2.24, 2.45) is 5.10 Å². The Balaban J connectivity index is 1.51. The number of hydrogen-bond donors (Lipinski definition) is 1. The molecule has 2 aromatic rings. The van der Waals surface area contributed by atoms with Crippen LogP contribution in [0.2, 0.25) is 0 Å². The van der Waals surface area contributed by atoms with E-state index in [2.05, 4.69) is 20.4 Å². The van der Waals surface area contributed by atoms with Crippen LogP contribution in [0, 0.1) is 0 Å². The van der Waals surface area contributed by atoms with Gasteiger partial charge < -0.3 is 9.64 Å². The van der Waals surface area contributed by atoms with Crippen molar-refractivity contribution in [1.29, 1.82) is 0 Å². The van der Waals surface area contributed by atoms with Crippen molar-refractivity contribution < 1.29 is 9.53 Å². The molecular formula is C17H18N4O2S. The Bertz CT molecular complexity index is 721. The summed E-state index contributed by atoms with van der Waals surface area (Å²) >= 11 is 1.46. The van der Waals surface area contributed by atoms with Gasteiger partial charge in [0.1, 0.15) is 5.69 Å². The topological polar surface area (TPSA) is 66.8 Å². The smallest absolute Gasteiger partial charge is 0.290 e. The van der Waals surface area contributed by atoms with Crippen LogP contribution in [0.15, 0.2) is 46.9 Å². The Morgan fingerprint density at radius 3 is 2.88 bits per heavy atom. The van der Waals surface area contributed by atoms with Gasteiger partial charge in [-0.2, -0.15) is 5.10 Å². The van der Waals surface area contributed by atoms with Crippen LogP contribution in [0.25, 0.3) is 6.08 Å². The zero-order valence-corrected chi connectivity index (χ0v) is 13.9. The molecule has 0 aliphatic carbocycles. The Kier molecular flexibility index (Phi) is 5.70. The Labute approximate surface area is 144 Å². The molecule has 1 aromatic carbocycles. The van der Waals surface area contributed by atoms with Crippen LogP contribution in [0.1, 0.15) is 16.1 Å². The average molecular weight is 342 g/mol. The number of anilines is 1. The maximum Gasteiger partial charge on any atom is 0.290 e. The van der Waals surface area contributed by atoms with E-state index in [1.165, 1.54) is 11.3 Å². The summed E-state index contributed by atoms with van der Waals surface area (Å²) in [6, 6.07) is 9.88. The van der Waals surface area contributed by atoms with Gasteiger partial charge in [0.15, 0.2) is 5.13 Å². The fourth-order valence-corrected chi connectivity index (χ4v) is 3.04. The highest BCUT2D eigenvalue weighted by atomic mass is 32.1. The summed E-state index contributed by atoms with van der Waals surface area (Å²) in [7, 11) is 0. The van der Waals surface area contributed by atoms with Gasteiger partial charge in [-0.15, -0.1) is 11.3 Å². The number of carbonyl (C=O) groups excluding carboxylic acids is 1. The van der Waals surface area contributed by atoms with Gasteiger partial charge in [-0.3, -0.25) is 4.79 Å². The molecule has 124 valence electrons. The van der Waals surface area contributed by atoms with E-state index in [4.69, 9.17) is 4.74 Å². The van der Waals surface area contributed by atoms with Crippen LogP contribution < -0.4 is 10.3 Å². The summed E-state index contributed by atoms with van der Waals surface area (Å²) in [5, 5.41) is 6.49. The second-order valence-electron chi connectivity index (χ2n) is 5.10. The van der Waals surface area contributed by atoms with Crippen LogP contribution in [-0.2, 0) is 4.74 Å². The van der Waals surface area contributed by atoms with Gasteiger partial charge in [0.25, 0.3) is 5.91 Å². The normalized spacial score (nSPS) is 15.2. The zero-order valence-electron chi connectivity index (χ0n) is 13.1. The van der Waals surface area contributed by atoms with E-state index >= 15 is 0 Å². The first-order valence-corrected chi connectivity index (χ1v) is 8.54. The predicted octanol–water partition coefficient (Wildman–Crippen LogP) is 2.41. The third kappa shape index (κ3) is 4.50. The lowest BCUT2D eigenvalue weighted by atomic mass is 10.2. The van der Waals surface area contributed by atoms with E-state index < -0.39 is 0 Å². The van der Waals surface area contributed by atoms with E-state index in [-0.39, 0.29) is 5.91 Å². The van der Waals surface area contributed by atoms with Crippen LogP contribution in [0.4, 0.5) is 5.13 Å². The fraction of sp³-hybridized carbons (Fsp3) is 0.235. The number of rotatable bonds is 5. The molecule has 0 radical (unpaired) electrons. The third-order valence-corrected chi connectivity index (χ3v) is 4.32. The molecule has 7 heteroatoms. The number of hydrazone groups is 1. The number of aromatic nitrogens is 1. The summed E-state index contributed by atoms with van der Waals surface area (Å²) < 4.78 is 5.31. The summed E-state index contributed by atoms with van der Waals surface area (Å²) in [4.78, 5) is 18.5. The number of morpholine rings is 1. The SMILES string of the molecule is O=C(NN=CC=Cc1ccccc1)c1csc(N2CCOCC2)n1. The molecule has 1 N–H and O–H groups in total. The fourth-order valence-electron chi connectivity index (χ4n) is 2.18. The quantitative estimate of drug-likeness (QED) is 0.669. The highest BCUT2D eigenvalue weighted by Crippen LogP contribution is 2.21. The molecule has 1 saturated heterocycles. The van der Waals surface area contributed by atoms with Crippen LogP contribution in [-0.4, -0.2) is 43.4 Å². The molecular weight excluding hydrogens is 324 g/mol. The first-order chi connectivity index (χ1) is 11.8. The largest absolute Gasteiger partial charge is 0.378 e. The Morgan fingerprint density at radius 2 is 2.08 bits per heavy atom. The molecule has 2 heterocycles. The van der Waals surface area contributed by atoms with E-state index in [1.54, 1.807) is 17.7 Å². The van der Waals surface area contributed by atoms with Crippen molar-refractivity contribution in [3.8, 4) is 0 Å². The van der Waals surface area contributed by atoms with Crippen molar-refractivity contribution in [1.82, 2.24) is 10.4 Å². The number of carbonyl (C=O) groups is 1. The number of nitrogens with zero attached hydrogens (tertiary/aromatic N) is 3. The Morgan fingerprint density at radius 1 is 1.29 bits per heavy atom. The average Bonchev–Trinajstić information content (AvgIpc) is 3.13. The molecule has 0 spiro atoms. The first kappa shape index (κ1) is 16.4. The number of benzene rings is 1. The lowest BCUT2D eigenvalue weighted by Gasteiger charge is -2.25. The predicted molar refractivity (Wildman–Crippen MR) is 96.6 cm³/mol. The van der Waals surface area contributed by atoms with Crippen LogP contribution >= 0.6 is 11.3 Å². The number of thiazole rings is 1. The second-order valence-corrected chi connectivity index (χ2v) is 5.94.